The molecule has 0 aliphatic heterocycles. The lowest BCUT2D eigenvalue weighted by Crippen LogP contribution is -2.13. The van der Waals surface area contributed by atoms with Crippen LogP contribution in [-0.2, 0) is 14.2 Å². The van der Waals surface area contributed by atoms with E-state index in [2.05, 4.69) is 15.3 Å². The van der Waals surface area contributed by atoms with Crippen LogP contribution in [0.2, 0.25) is 0 Å². The van der Waals surface area contributed by atoms with Gasteiger partial charge in [-0.1, -0.05) is 0 Å². The molecule has 0 aromatic carbocycles. The number of hydrogen-bond donors (Lipinski definition) is 2. The van der Waals surface area contributed by atoms with Gasteiger partial charge in [-0.25, -0.2) is 0 Å². The lowest BCUT2D eigenvalue weighted by molar-refractivity contribution is 0.0176. The Morgan fingerprint density at radius 3 is 2.35 bits per heavy atom. The third kappa shape index (κ3) is 7.07. The average molecular weight is 286 g/mol. The highest BCUT2D eigenvalue weighted by atomic mass is 16.6. The number of nitrogens with zero attached hydrogens (tertiary/aromatic N) is 2. The summed E-state index contributed by atoms with van der Waals surface area (Å²) in [7, 11) is 3.38. The van der Waals surface area contributed by atoms with Gasteiger partial charge < -0.3 is 30.0 Å². The highest BCUT2D eigenvalue weighted by Gasteiger charge is 2.01. The van der Waals surface area contributed by atoms with Crippen molar-refractivity contribution < 1.29 is 18.9 Å². The zero-order valence-electron chi connectivity index (χ0n) is 11.9. The maximum absolute atomic E-state index is 5.54. The molecule has 8 nitrogen and oxygen atoms in total. The maximum Gasteiger partial charge on any atom is 0.225 e. The topological polar surface area (TPSA) is 101 Å². The predicted octanol–water partition coefficient (Wildman–Crippen LogP) is 0.159. The molecule has 0 spiro atoms. The van der Waals surface area contributed by atoms with Crippen molar-refractivity contribution in [3.05, 3.63) is 6.07 Å². The van der Waals surface area contributed by atoms with E-state index in [0.29, 0.717) is 51.3 Å². The first-order valence-corrected chi connectivity index (χ1v) is 6.35. The molecule has 0 unspecified atom stereocenters. The van der Waals surface area contributed by atoms with Crippen LogP contribution >= 0.6 is 0 Å². The summed E-state index contributed by atoms with van der Waals surface area (Å²) in [5, 5.41) is 2.87. The molecule has 0 saturated heterocycles. The van der Waals surface area contributed by atoms with Gasteiger partial charge in [-0.3, -0.25) is 0 Å². The Balaban J connectivity index is 2.08. The van der Waals surface area contributed by atoms with Crippen LogP contribution in [0.3, 0.4) is 0 Å². The Morgan fingerprint density at radius 2 is 1.70 bits per heavy atom. The van der Waals surface area contributed by atoms with E-state index in [-0.39, 0.29) is 5.95 Å². The van der Waals surface area contributed by atoms with E-state index < -0.39 is 0 Å². The fourth-order valence-electron chi connectivity index (χ4n) is 1.31. The SMILES string of the molecule is CNc1cc(OCCOCCOCCOC)nc(N)n1. The number of nitrogens with one attached hydrogen (secondary N) is 1. The van der Waals surface area contributed by atoms with E-state index in [1.807, 2.05) is 0 Å². The molecule has 0 radical (unpaired) electrons. The normalized spacial score (nSPS) is 10.5. The third-order valence-corrected chi connectivity index (χ3v) is 2.26. The largest absolute Gasteiger partial charge is 0.475 e. The number of ether oxygens (including phenoxy) is 4. The summed E-state index contributed by atoms with van der Waals surface area (Å²) in [5.41, 5.74) is 5.54. The standard InChI is InChI=1S/C12H22N4O4/c1-14-10-9-11(16-12(13)15-10)20-8-7-19-6-5-18-4-3-17-2/h9H,3-8H2,1-2H3,(H3,13,14,15,16). The number of anilines is 2. The lowest BCUT2D eigenvalue weighted by atomic mass is 10.5. The van der Waals surface area contributed by atoms with Gasteiger partial charge >= 0.3 is 0 Å². The Hall–Kier alpha value is -1.64. The van der Waals surface area contributed by atoms with Crippen molar-refractivity contribution in [1.82, 2.24) is 9.97 Å². The molecule has 0 aliphatic carbocycles. The van der Waals surface area contributed by atoms with Crippen molar-refractivity contribution in [3.8, 4) is 5.88 Å². The first-order chi connectivity index (χ1) is 9.76. The second-order valence-corrected chi connectivity index (χ2v) is 3.77. The van der Waals surface area contributed by atoms with Gasteiger partial charge in [-0.2, -0.15) is 9.97 Å². The number of aromatic nitrogens is 2. The molecule has 3 N–H and O–H groups in total. The lowest BCUT2D eigenvalue weighted by Gasteiger charge is -2.08. The molecule has 1 heterocycles. The van der Waals surface area contributed by atoms with Crippen molar-refractivity contribution in [3.63, 3.8) is 0 Å². The molecule has 0 bridgehead atoms. The van der Waals surface area contributed by atoms with E-state index in [0.717, 1.165) is 0 Å². The first-order valence-electron chi connectivity index (χ1n) is 6.35. The summed E-state index contributed by atoms with van der Waals surface area (Å²) in [5.74, 6) is 1.20. The van der Waals surface area contributed by atoms with Crippen LogP contribution in [0.1, 0.15) is 0 Å². The molecule has 0 saturated carbocycles. The number of rotatable bonds is 11. The van der Waals surface area contributed by atoms with Gasteiger partial charge in [0.05, 0.1) is 33.0 Å². The highest BCUT2D eigenvalue weighted by molar-refractivity contribution is 5.41. The van der Waals surface area contributed by atoms with Crippen LogP contribution in [0.5, 0.6) is 5.88 Å². The molecule has 20 heavy (non-hydrogen) atoms. The minimum atomic E-state index is 0.166. The average Bonchev–Trinajstić information content (AvgIpc) is 2.45. The zero-order chi connectivity index (χ0) is 14.6. The fraction of sp³-hybridized carbons (Fsp3) is 0.667. The van der Waals surface area contributed by atoms with Crippen LogP contribution < -0.4 is 15.8 Å². The molecule has 1 aromatic heterocycles. The molecule has 1 rings (SSSR count). The molecule has 0 fully saturated rings. The summed E-state index contributed by atoms with van der Waals surface area (Å²) in [6, 6.07) is 1.67. The predicted molar refractivity (Wildman–Crippen MR) is 75.0 cm³/mol. The summed E-state index contributed by atoms with van der Waals surface area (Å²) in [6.45, 7) is 3.05. The summed E-state index contributed by atoms with van der Waals surface area (Å²) in [4.78, 5) is 7.92. The van der Waals surface area contributed by atoms with Crippen molar-refractivity contribution in [2.45, 2.75) is 0 Å². The van der Waals surface area contributed by atoms with Crippen LogP contribution in [0.25, 0.3) is 0 Å². The van der Waals surface area contributed by atoms with Crippen molar-refractivity contribution in [2.75, 3.05) is 64.8 Å². The Labute approximate surface area is 118 Å². The third-order valence-electron chi connectivity index (χ3n) is 2.26. The van der Waals surface area contributed by atoms with Crippen molar-refractivity contribution in [2.24, 2.45) is 0 Å². The first kappa shape index (κ1) is 16.4. The second kappa shape index (κ2) is 10.2. The van der Waals surface area contributed by atoms with Crippen LogP contribution in [0.15, 0.2) is 6.07 Å². The second-order valence-electron chi connectivity index (χ2n) is 3.77. The summed E-state index contributed by atoms with van der Waals surface area (Å²) < 4.78 is 20.9. The maximum atomic E-state index is 5.54. The molecule has 114 valence electrons. The van der Waals surface area contributed by atoms with E-state index in [9.17, 15) is 0 Å². The summed E-state index contributed by atoms with van der Waals surface area (Å²) in [6.07, 6.45) is 0. The Bertz CT molecular complexity index is 378. The number of methoxy groups -OCH3 is 1. The number of nitrogens with two attached hydrogens (primary N) is 1. The Morgan fingerprint density at radius 1 is 1.05 bits per heavy atom. The molecular formula is C12H22N4O4. The minimum absolute atomic E-state index is 0.166. The highest BCUT2D eigenvalue weighted by Crippen LogP contribution is 2.13. The van der Waals surface area contributed by atoms with Gasteiger partial charge in [0.1, 0.15) is 12.4 Å². The number of nitrogen functional groups attached to an aromatic ring is 1. The molecular weight excluding hydrogens is 264 g/mol. The number of hydrogen-bond acceptors (Lipinski definition) is 8. The van der Waals surface area contributed by atoms with Crippen molar-refractivity contribution >= 4 is 11.8 Å². The molecule has 8 heteroatoms. The van der Waals surface area contributed by atoms with E-state index in [4.69, 9.17) is 24.7 Å². The summed E-state index contributed by atoms with van der Waals surface area (Å²) >= 11 is 0. The molecule has 0 atom stereocenters. The zero-order valence-corrected chi connectivity index (χ0v) is 11.9. The van der Waals surface area contributed by atoms with Gasteiger partial charge in [-0.05, 0) is 0 Å². The fourth-order valence-corrected chi connectivity index (χ4v) is 1.31. The van der Waals surface area contributed by atoms with Crippen molar-refractivity contribution in [1.29, 1.82) is 0 Å². The minimum Gasteiger partial charge on any atom is -0.475 e. The van der Waals surface area contributed by atoms with Gasteiger partial charge in [-0.15, -0.1) is 0 Å². The Kier molecular flexibility index (Phi) is 8.36. The smallest absolute Gasteiger partial charge is 0.225 e. The molecule has 0 aliphatic rings. The molecule has 0 amide bonds. The van der Waals surface area contributed by atoms with E-state index >= 15 is 0 Å². The van der Waals surface area contributed by atoms with Crippen LogP contribution in [0, 0.1) is 0 Å². The van der Waals surface area contributed by atoms with Gasteiger partial charge in [0.2, 0.25) is 11.8 Å². The van der Waals surface area contributed by atoms with Gasteiger partial charge in [0.25, 0.3) is 0 Å². The van der Waals surface area contributed by atoms with Gasteiger partial charge in [0, 0.05) is 20.2 Å². The van der Waals surface area contributed by atoms with E-state index in [1.165, 1.54) is 0 Å². The van der Waals surface area contributed by atoms with Gasteiger partial charge in [0.15, 0.2) is 0 Å². The molecule has 1 aromatic rings. The quantitative estimate of drug-likeness (QED) is 0.555. The monoisotopic (exact) mass is 286 g/mol. The van der Waals surface area contributed by atoms with Crippen LogP contribution in [0.4, 0.5) is 11.8 Å². The van der Waals surface area contributed by atoms with Crippen LogP contribution in [-0.4, -0.2) is 63.8 Å². The van der Waals surface area contributed by atoms with E-state index in [1.54, 1.807) is 20.2 Å².